The van der Waals surface area contributed by atoms with E-state index in [1.54, 1.807) is 0 Å². The van der Waals surface area contributed by atoms with Crippen molar-refractivity contribution >= 4 is 17.3 Å². The molecular weight excluding hydrogens is 334 g/mol. The molecule has 2 aliphatic rings. The number of pyridine rings is 1. The molecular formula is C23H33N3O. The third-order valence-electron chi connectivity index (χ3n) is 7.43. The number of rotatable bonds is 5. The summed E-state index contributed by atoms with van der Waals surface area (Å²) >= 11 is 0. The van der Waals surface area contributed by atoms with Crippen LogP contribution in [0.25, 0.3) is 11.0 Å². The predicted octanol–water partition coefficient (Wildman–Crippen LogP) is 4.54. The molecule has 0 N–H and O–H groups in total. The molecule has 27 heavy (non-hydrogen) atoms. The summed E-state index contributed by atoms with van der Waals surface area (Å²) < 4.78 is 2.09. The number of carbonyl (C=O) groups excluding carboxylic acids is 1. The molecule has 0 bridgehead atoms. The molecule has 0 radical (unpaired) electrons. The van der Waals surface area contributed by atoms with Gasteiger partial charge in [0.1, 0.15) is 11.9 Å². The van der Waals surface area contributed by atoms with Crippen molar-refractivity contribution in [1.29, 1.82) is 0 Å². The van der Waals surface area contributed by atoms with E-state index in [1.807, 2.05) is 19.3 Å². The molecule has 146 valence electrons. The zero-order valence-electron chi connectivity index (χ0n) is 17.0. The highest BCUT2D eigenvalue weighted by Crippen LogP contribution is 2.46. The van der Waals surface area contributed by atoms with Crippen molar-refractivity contribution in [3.8, 4) is 0 Å². The van der Waals surface area contributed by atoms with Crippen molar-refractivity contribution in [3.05, 3.63) is 30.1 Å². The van der Waals surface area contributed by atoms with Gasteiger partial charge in [0.15, 0.2) is 0 Å². The van der Waals surface area contributed by atoms with Crippen molar-refractivity contribution in [2.24, 2.45) is 18.4 Å². The maximum absolute atomic E-state index is 12.1. The number of aldehydes is 1. The van der Waals surface area contributed by atoms with Gasteiger partial charge in [-0.2, -0.15) is 0 Å². The van der Waals surface area contributed by atoms with Crippen LogP contribution in [0.3, 0.4) is 0 Å². The average molecular weight is 368 g/mol. The molecule has 4 unspecified atom stereocenters. The summed E-state index contributed by atoms with van der Waals surface area (Å²) in [7, 11) is 2.04. The van der Waals surface area contributed by atoms with E-state index < -0.39 is 0 Å². The Bertz CT molecular complexity index is 809. The molecule has 1 saturated heterocycles. The van der Waals surface area contributed by atoms with E-state index in [4.69, 9.17) is 0 Å². The molecule has 3 heterocycles. The van der Waals surface area contributed by atoms with Crippen LogP contribution < -0.4 is 0 Å². The number of carbonyl (C=O) groups is 1. The standard InChI is InChI=1S/C23H33N3O/c1-17(20-15-25(3)22-19(20)8-6-12-24-22)18(16-27)14-26-13-7-11-23(2)10-5-4-9-21(23)26/h6,8,12,15-18,21H,4-5,7,9-11,13-14H2,1-3H3. The van der Waals surface area contributed by atoms with Gasteiger partial charge in [-0.1, -0.05) is 26.7 Å². The van der Waals surface area contributed by atoms with Crippen LogP contribution in [0.1, 0.15) is 63.9 Å². The number of nitrogens with zero attached hydrogens (tertiary/aromatic N) is 3. The molecule has 1 saturated carbocycles. The molecule has 0 aromatic carbocycles. The fourth-order valence-electron chi connectivity index (χ4n) is 5.78. The Morgan fingerprint density at radius 1 is 1.33 bits per heavy atom. The SMILES string of the molecule is CC(c1cn(C)c2ncccc12)C(C=O)CN1CCCC2(C)CCCCC12. The van der Waals surface area contributed by atoms with E-state index in [9.17, 15) is 4.79 Å². The first kappa shape index (κ1) is 18.7. The van der Waals surface area contributed by atoms with Gasteiger partial charge < -0.3 is 9.36 Å². The lowest BCUT2D eigenvalue weighted by atomic mass is 9.66. The Morgan fingerprint density at radius 3 is 2.96 bits per heavy atom. The number of hydrogen-bond donors (Lipinski definition) is 0. The van der Waals surface area contributed by atoms with E-state index in [0.29, 0.717) is 11.5 Å². The van der Waals surface area contributed by atoms with Crippen LogP contribution in [0, 0.1) is 11.3 Å². The van der Waals surface area contributed by atoms with Gasteiger partial charge in [0, 0.05) is 43.3 Å². The summed E-state index contributed by atoms with van der Waals surface area (Å²) in [5.74, 6) is 0.229. The van der Waals surface area contributed by atoms with Crippen molar-refractivity contribution in [2.75, 3.05) is 13.1 Å². The van der Waals surface area contributed by atoms with Gasteiger partial charge >= 0.3 is 0 Å². The van der Waals surface area contributed by atoms with Gasteiger partial charge in [0.2, 0.25) is 0 Å². The highest BCUT2D eigenvalue weighted by atomic mass is 16.1. The lowest BCUT2D eigenvalue weighted by Crippen LogP contribution is -2.54. The number of aryl methyl sites for hydroxylation is 1. The minimum atomic E-state index is 0.0279. The molecule has 4 nitrogen and oxygen atoms in total. The van der Waals surface area contributed by atoms with E-state index in [0.717, 1.165) is 18.7 Å². The van der Waals surface area contributed by atoms with Crippen molar-refractivity contribution in [3.63, 3.8) is 0 Å². The summed E-state index contributed by atoms with van der Waals surface area (Å²) in [4.78, 5) is 19.3. The first-order valence-corrected chi connectivity index (χ1v) is 10.6. The molecule has 0 amide bonds. The fourth-order valence-corrected chi connectivity index (χ4v) is 5.78. The number of hydrogen-bond acceptors (Lipinski definition) is 3. The van der Waals surface area contributed by atoms with Crippen LogP contribution in [0.2, 0.25) is 0 Å². The van der Waals surface area contributed by atoms with Crippen LogP contribution in [-0.4, -0.2) is 39.9 Å². The quantitative estimate of drug-likeness (QED) is 0.728. The van der Waals surface area contributed by atoms with E-state index >= 15 is 0 Å². The smallest absolute Gasteiger partial charge is 0.139 e. The van der Waals surface area contributed by atoms with Gasteiger partial charge in [-0.25, -0.2) is 4.98 Å². The lowest BCUT2D eigenvalue weighted by molar-refractivity contribution is -0.113. The topological polar surface area (TPSA) is 38.1 Å². The maximum atomic E-state index is 12.1. The fraction of sp³-hybridized carbons (Fsp3) is 0.652. The Labute approximate surface area is 163 Å². The second kappa shape index (κ2) is 7.38. The highest BCUT2D eigenvalue weighted by molar-refractivity contribution is 5.81. The number of piperidine rings is 1. The maximum Gasteiger partial charge on any atom is 0.139 e. The minimum Gasteiger partial charge on any atom is -0.335 e. The molecule has 0 spiro atoms. The third kappa shape index (κ3) is 3.33. The van der Waals surface area contributed by atoms with Gasteiger partial charge in [-0.05, 0) is 61.3 Å². The molecule has 4 rings (SSSR count). The van der Waals surface area contributed by atoms with Crippen molar-refractivity contribution < 1.29 is 4.79 Å². The van der Waals surface area contributed by atoms with Gasteiger partial charge in [-0.3, -0.25) is 4.90 Å². The first-order valence-electron chi connectivity index (χ1n) is 10.6. The summed E-state index contributed by atoms with van der Waals surface area (Å²) in [5, 5.41) is 1.18. The molecule has 2 fully saturated rings. The number of fused-ring (bicyclic) bond motifs is 2. The van der Waals surface area contributed by atoms with Crippen LogP contribution in [0.4, 0.5) is 0 Å². The normalized spacial score (nSPS) is 28.6. The van der Waals surface area contributed by atoms with Crippen LogP contribution in [0.15, 0.2) is 24.5 Å². The molecule has 2 aromatic rings. The summed E-state index contributed by atoms with van der Waals surface area (Å²) in [6, 6.07) is 4.78. The largest absolute Gasteiger partial charge is 0.335 e. The molecule has 1 aliphatic carbocycles. The number of likely N-dealkylation sites (tertiary alicyclic amines) is 1. The Hall–Kier alpha value is -1.68. The van der Waals surface area contributed by atoms with Crippen LogP contribution >= 0.6 is 0 Å². The molecule has 2 aromatic heterocycles. The van der Waals surface area contributed by atoms with Crippen molar-refractivity contribution in [1.82, 2.24) is 14.5 Å². The molecule has 4 heteroatoms. The zero-order valence-corrected chi connectivity index (χ0v) is 17.0. The molecule has 1 aliphatic heterocycles. The van der Waals surface area contributed by atoms with Gasteiger partial charge in [-0.15, -0.1) is 0 Å². The summed E-state index contributed by atoms with van der Waals surface area (Å²) in [6.45, 7) is 6.74. The van der Waals surface area contributed by atoms with E-state index in [2.05, 4.69) is 40.6 Å². The summed E-state index contributed by atoms with van der Waals surface area (Å²) in [5.41, 5.74) is 2.71. The lowest BCUT2D eigenvalue weighted by Gasteiger charge is -2.52. The van der Waals surface area contributed by atoms with Crippen LogP contribution in [0.5, 0.6) is 0 Å². The van der Waals surface area contributed by atoms with Crippen molar-refractivity contribution in [2.45, 2.75) is 64.3 Å². The summed E-state index contributed by atoms with van der Waals surface area (Å²) in [6.07, 6.45) is 13.2. The minimum absolute atomic E-state index is 0.0279. The molecule has 4 atom stereocenters. The first-order chi connectivity index (χ1) is 13.0. The Kier molecular flexibility index (Phi) is 5.11. The number of aromatic nitrogens is 2. The Morgan fingerprint density at radius 2 is 2.15 bits per heavy atom. The average Bonchev–Trinajstić information content (AvgIpc) is 3.02. The highest BCUT2D eigenvalue weighted by Gasteiger charge is 2.43. The second-order valence-electron chi connectivity index (χ2n) is 9.17. The van der Waals surface area contributed by atoms with Crippen LogP contribution in [-0.2, 0) is 11.8 Å². The predicted molar refractivity (Wildman–Crippen MR) is 110 cm³/mol. The zero-order chi connectivity index (χ0) is 19.0. The van der Waals surface area contributed by atoms with Gasteiger partial charge in [0.05, 0.1) is 0 Å². The van der Waals surface area contributed by atoms with E-state index in [1.165, 1.54) is 55.8 Å². The Balaban J connectivity index is 1.57. The third-order valence-corrected chi connectivity index (χ3v) is 7.43. The monoisotopic (exact) mass is 367 g/mol. The second-order valence-corrected chi connectivity index (χ2v) is 9.17. The van der Waals surface area contributed by atoms with E-state index in [-0.39, 0.29) is 11.8 Å². The van der Waals surface area contributed by atoms with Gasteiger partial charge in [0.25, 0.3) is 0 Å².